The molecule has 1 unspecified atom stereocenters. The smallest absolute Gasteiger partial charge is 0.251 e. The van der Waals surface area contributed by atoms with E-state index in [1.165, 1.54) is 0 Å². The summed E-state index contributed by atoms with van der Waals surface area (Å²) in [6, 6.07) is 17.5. The van der Waals surface area contributed by atoms with Crippen molar-refractivity contribution in [3.05, 3.63) is 65.7 Å². The highest BCUT2D eigenvalue weighted by atomic mass is 16.1. The van der Waals surface area contributed by atoms with Crippen molar-refractivity contribution in [3.63, 3.8) is 0 Å². The molecule has 3 aromatic rings. The van der Waals surface area contributed by atoms with E-state index in [-0.39, 0.29) is 11.9 Å². The number of carbonyl (C=O) groups is 1. The lowest BCUT2D eigenvalue weighted by Gasteiger charge is -2.19. The van der Waals surface area contributed by atoms with E-state index in [1.54, 1.807) is 12.1 Å². The second kappa shape index (κ2) is 6.23. The first-order chi connectivity index (χ1) is 11.8. The molecule has 2 aromatic carbocycles. The predicted octanol–water partition coefficient (Wildman–Crippen LogP) is 2.75. The lowest BCUT2D eigenvalue weighted by molar-refractivity contribution is 0.0931. The zero-order chi connectivity index (χ0) is 16.4. The maximum atomic E-state index is 12.6. The number of aromatic amines is 1. The number of carbonyl (C=O) groups excluding carboxylic acids is 1. The van der Waals surface area contributed by atoms with Crippen LogP contribution < -0.4 is 5.32 Å². The zero-order valence-electron chi connectivity index (χ0n) is 13.0. The van der Waals surface area contributed by atoms with E-state index in [1.807, 2.05) is 30.3 Å². The molecule has 0 saturated heterocycles. The zero-order valence-corrected chi connectivity index (χ0v) is 13.0. The van der Waals surface area contributed by atoms with Gasteiger partial charge in [-0.3, -0.25) is 4.79 Å². The van der Waals surface area contributed by atoms with E-state index in [0.29, 0.717) is 17.3 Å². The van der Waals surface area contributed by atoms with Crippen molar-refractivity contribution in [2.75, 3.05) is 0 Å². The molecule has 0 radical (unpaired) electrons. The largest absolute Gasteiger partial charge is 0.345 e. The van der Waals surface area contributed by atoms with Gasteiger partial charge in [-0.25, -0.2) is 0 Å². The van der Waals surface area contributed by atoms with Gasteiger partial charge in [-0.05, 0) is 41.7 Å². The highest BCUT2D eigenvalue weighted by Crippen LogP contribution is 2.41. The summed E-state index contributed by atoms with van der Waals surface area (Å²) in [4.78, 5) is 12.6. The van der Waals surface area contributed by atoms with Gasteiger partial charge in [0.2, 0.25) is 5.82 Å². The Morgan fingerprint density at radius 3 is 2.46 bits per heavy atom. The monoisotopic (exact) mass is 319 g/mol. The number of hydrogen-bond acceptors (Lipinski definition) is 4. The summed E-state index contributed by atoms with van der Waals surface area (Å²) < 4.78 is 0. The fraction of sp³-hybridized carbons (Fsp3) is 0.222. The molecule has 0 bridgehead atoms. The molecule has 1 atom stereocenters. The molecule has 1 amide bonds. The maximum Gasteiger partial charge on any atom is 0.251 e. The fourth-order valence-electron chi connectivity index (χ4n) is 2.84. The standard InChI is InChI=1S/C18H17N5O/c24-18(15-10-8-14(9-11-15)17-20-22-23-21-17)19-16(13-6-7-13)12-4-2-1-3-5-12/h1-5,8-11,13,16H,6-7H2,(H,19,24)(H,20,21,22,23). The first-order valence-corrected chi connectivity index (χ1v) is 8.01. The number of rotatable bonds is 5. The molecule has 0 aliphatic heterocycles. The Morgan fingerprint density at radius 2 is 1.83 bits per heavy atom. The third-order valence-corrected chi connectivity index (χ3v) is 4.29. The van der Waals surface area contributed by atoms with Crippen LogP contribution in [-0.2, 0) is 0 Å². The van der Waals surface area contributed by atoms with Crippen LogP contribution in [-0.4, -0.2) is 26.5 Å². The van der Waals surface area contributed by atoms with Crippen molar-refractivity contribution < 1.29 is 4.79 Å². The molecule has 1 fully saturated rings. The lowest BCUT2D eigenvalue weighted by atomic mass is 10.0. The summed E-state index contributed by atoms with van der Waals surface area (Å²) >= 11 is 0. The first-order valence-electron chi connectivity index (χ1n) is 8.01. The Kier molecular flexibility index (Phi) is 3.78. The van der Waals surface area contributed by atoms with Gasteiger partial charge in [0.05, 0.1) is 6.04 Å². The second-order valence-electron chi connectivity index (χ2n) is 6.01. The minimum absolute atomic E-state index is 0.0598. The topological polar surface area (TPSA) is 83.6 Å². The van der Waals surface area contributed by atoms with Gasteiger partial charge in [0.1, 0.15) is 0 Å². The van der Waals surface area contributed by atoms with E-state index >= 15 is 0 Å². The molecule has 1 aliphatic carbocycles. The van der Waals surface area contributed by atoms with Crippen molar-refractivity contribution in [2.45, 2.75) is 18.9 Å². The van der Waals surface area contributed by atoms with Gasteiger partial charge in [0.15, 0.2) is 0 Å². The van der Waals surface area contributed by atoms with E-state index in [4.69, 9.17) is 0 Å². The number of tetrazole rings is 1. The van der Waals surface area contributed by atoms with Crippen LogP contribution in [0, 0.1) is 5.92 Å². The minimum Gasteiger partial charge on any atom is -0.345 e. The Balaban J connectivity index is 1.51. The average molecular weight is 319 g/mol. The molecule has 24 heavy (non-hydrogen) atoms. The molecule has 120 valence electrons. The summed E-state index contributed by atoms with van der Waals surface area (Å²) in [7, 11) is 0. The summed E-state index contributed by atoms with van der Waals surface area (Å²) in [6.45, 7) is 0. The molecule has 1 saturated carbocycles. The van der Waals surface area contributed by atoms with Gasteiger partial charge in [-0.15, -0.1) is 10.2 Å². The van der Waals surface area contributed by atoms with Gasteiger partial charge in [-0.2, -0.15) is 5.21 Å². The van der Waals surface area contributed by atoms with E-state index < -0.39 is 0 Å². The Labute approximate surface area is 139 Å². The van der Waals surface area contributed by atoms with Crippen LogP contribution in [0.4, 0.5) is 0 Å². The number of aromatic nitrogens is 4. The molecule has 1 aliphatic rings. The van der Waals surface area contributed by atoms with Gasteiger partial charge < -0.3 is 5.32 Å². The van der Waals surface area contributed by atoms with Crippen LogP contribution in [0.25, 0.3) is 11.4 Å². The number of nitrogens with one attached hydrogen (secondary N) is 2. The molecule has 1 aromatic heterocycles. The molecule has 6 nitrogen and oxygen atoms in total. The van der Waals surface area contributed by atoms with Crippen molar-refractivity contribution in [1.82, 2.24) is 25.9 Å². The van der Waals surface area contributed by atoms with E-state index in [2.05, 4.69) is 38.1 Å². The molecular weight excluding hydrogens is 302 g/mol. The highest BCUT2D eigenvalue weighted by molar-refractivity contribution is 5.94. The normalized spacial score (nSPS) is 15.0. The van der Waals surface area contributed by atoms with Gasteiger partial charge in [0, 0.05) is 11.1 Å². The third-order valence-electron chi connectivity index (χ3n) is 4.29. The number of benzene rings is 2. The van der Waals surface area contributed by atoms with Crippen LogP contribution >= 0.6 is 0 Å². The van der Waals surface area contributed by atoms with Crippen LogP contribution in [0.3, 0.4) is 0 Å². The Bertz CT molecular complexity index is 810. The SMILES string of the molecule is O=C(NC(c1ccccc1)C1CC1)c1ccc(-c2nn[nH]n2)cc1. The number of H-pyrrole nitrogens is 1. The van der Waals surface area contributed by atoms with Crippen molar-refractivity contribution >= 4 is 5.91 Å². The lowest BCUT2D eigenvalue weighted by Crippen LogP contribution is -2.29. The Hall–Kier alpha value is -3.02. The van der Waals surface area contributed by atoms with Crippen LogP contribution in [0.5, 0.6) is 0 Å². The molecule has 1 heterocycles. The third kappa shape index (κ3) is 3.03. The molecule has 0 spiro atoms. The summed E-state index contributed by atoms with van der Waals surface area (Å²) in [5.74, 6) is 0.993. The molecule has 4 rings (SSSR count). The summed E-state index contributed by atoms with van der Waals surface area (Å²) in [5.41, 5.74) is 2.61. The quantitative estimate of drug-likeness (QED) is 0.757. The van der Waals surface area contributed by atoms with Crippen molar-refractivity contribution in [1.29, 1.82) is 0 Å². The summed E-state index contributed by atoms with van der Waals surface area (Å²) in [6.07, 6.45) is 2.33. The molecule has 2 N–H and O–H groups in total. The fourth-order valence-corrected chi connectivity index (χ4v) is 2.84. The van der Waals surface area contributed by atoms with Gasteiger partial charge >= 0.3 is 0 Å². The molecule has 6 heteroatoms. The number of amides is 1. The second-order valence-corrected chi connectivity index (χ2v) is 6.01. The number of hydrogen-bond donors (Lipinski definition) is 2. The van der Waals surface area contributed by atoms with Crippen molar-refractivity contribution in [2.24, 2.45) is 5.92 Å². The first kappa shape index (κ1) is 14.6. The van der Waals surface area contributed by atoms with Gasteiger partial charge in [0.25, 0.3) is 5.91 Å². The van der Waals surface area contributed by atoms with Crippen LogP contribution in [0.2, 0.25) is 0 Å². The van der Waals surface area contributed by atoms with Crippen molar-refractivity contribution in [3.8, 4) is 11.4 Å². The predicted molar refractivity (Wildman–Crippen MR) is 89.0 cm³/mol. The van der Waals surface area contributed by atoms with Gasteiger partial charge in [-0.1, -0.05) is 42.5 Å². The van der Waals surface area contributed by atoms with Crippen LogP contribution in [0.15, 0.2) is 54.6 Å². The number of nitrogens with zero attached hydrogens (tertiary/aromatic N) is 3. The van der Waals surface area contributed by atoms with Crippen LogP contribution in [0.1, 0.15) is 34.8 Å². The highest BCUT2D eigenvalue weighted by Gasteiger charge is 2.33. The van der Waals surface area contributed by atoms with E-state index in [0.717, 1.165) is 24.0 Å². The summed E-state index contributed by atoms with van der Waals surface area (Å²) in [5, 5.41) is 17.0. The maximum absolute atomic E-state index is 12.6. The molecular formula is C18H17N5O. The Morgan fingerprint density at radius 1 is 1.08 bits per heavy atom. The van der Waals surface area contributed by atoms with E-state index in [9.17, 15) is 4.79 Å². The minimum atomic E-state index is -0.0598. The average Bonchev–Trinajstić information content (AvgIpc) is 3.33.